The highest BCUT2D eigenvalue weighted by Gasteiger charge is 2.24. The molecule has 1 unspecified atom stereocenters. The molecule has 3 rings (SSSR count). The zero-order valence-electron chi connectivity index (χ0n) is 10.7. The first-order valence-corrected chi connectivity index (χ1v) is 6.92. The molecule has 0 aromatic heterocycles. The Balaban J connectivity index is 1.56. The molecule has 0 amide bonds. The second kappa shape index (κ2) is 4.69. The third-order valence-corrected chi connectivity index (χ3v) is 4.03. The van der Waals surface area contributed by atoms with E-state index >= 15 is 0 Å². The Labute approximate surface area is 104 Å². The van der Waals surface area contributed by atoms with Crippen LogP contribution in [0.2, 0.25) is 0 Å². The highest BCUT2D eigenvalue weighted by Crippen LogP contribution is 2.29. The van der Waals surface area contributed by atoms with Crippen LogP contribution in [0.4, 0.5) is 5.69 Å². The number of para-hydroxylation sites is 1. The summed E-state index contributed by atoms with van der Waals surface area (Å²) >= 11 is 0. The Bertz CT molecular complexity index is 384. The van der Waals surface area contributed by atoms with Crippen molar-refractivity contribution in [1.29, 1.82) is 0 Å². The van der Waals surface area contributed by atoms with E-state index in [4.69, 9.17) is 0 Å². The summed E-state index contributed by atoms with van der Waals surface area (Å²) in [5, 5.41) is 3.61. The number of benzene rings is 1. The van der Waals surface area contributed by atoms with E-state index in [1.165, 1.54) is 50.0 Å². The highest BCUT2D eigenvalue weighted by molar-refractivity contribution is 5.58. The normalized spacial score (nSPS) is 20.4. The van der Waals surface area contributed by atoms with E-state index in [0.717, 1.165) is 6.04 Å². The average molecular weight is 230 g/mol. The number of hydrogen-bond donors (Lipinski definition) is 1. The Morgan fingerprint density at radius 1 is 1.35 bits per heavy atom. The molecule has 2 nitrogen and oxygen atoms in total. The van der Waals surface area contributed by atoms with Crippen molar-refractivity contribution in [2.75, 3.05) is 18.0 Å². The molecule has 1 saturated carbocycles. The van der Waals surface area contributed by atoms with Gasteiger partial charge in [0.2, 0.25) is 0 Å². The lowest BCUT2D eigenvalue weighted by atomic mass is 10.1. The Morgan fingerprint density at radius 2 is 2.18 bits per heavy atom. The van der Waals surface area contributed by atoms with Crippen molar-refractivity contribution >= 4 is 5.69 Å². The van der Waals surface area contributed by atoms with E-state index < -0.39 is 0 Å². The molecular weight excluding hydrogens is 208 g/mol. The van der Waals surface area contributed by atoms with E-state index in [0.29, 0.717) is 6.04 Å². The second-order valence-corrected chi connectivity index (χ2v) is 5.44. The maximum Gasteiger partial charge on any atom is 0.0401 e. The number of rotatable bonds is 5. The van der Waals surface area contributed by atoms with Crippen molar-refractivity contribution in [1.82, 2.24) is 5.32 Å². The van der Waals surface area contributed by atoms with Gasteiger partial charge in [-0.1, -0.05) is 18.2 Å². The van der Waals surface area contributed by atoms with Gasteiger partial charge in [0.15, 0.2) is 0 Å². The van der Waals surface area contributed by atoms with Gasteiger partial charge in [0.05, 0.1) is 0 Å². The van der Waals surface area contributed by atoms with Gasteiger partial charge in [0, 0.05) is 24.3 Å². The molecule has 1 N–H and O–H groups in total. The standard InChI is InChI=1S/C15H22N2/c1-12(8-10-16-14-6-7-14)17-11-9-13-4-2-3-5-15(13)17/h2-5,12,14,16H,6-11H2,1H3. The SMILES string of the molecule is CC(CCNC1CC1)N1CCc2ccccc21. The minimum Gasteiger partial charge on any atom is -0.368 e. The largest absolute Gasteiger partial charge is 0.368 e. The van der Waals surface area contributed by atoms with E-state index in [9.17, 15) is 0 Å². The number of nitrogens with zero attached hydrogens (tertiary/aromatic N) is 1. The maximum absolute atomic E-state index is 3.61. The predicted octanol–water partition coefficient (Wildman–Crippen LogP) is 2.58. The molecular formula is C15H22N2. The van der Waals surface area contributed by atoms with Crippen molar-refractivity contribution in [3.05, 3.63) is 29.8 Å². The summed E-state index contributed by atoms with van der Waals surface area (Å²) in [4.78, 5) is 2.57. The number of nitrogens with one attached hydrogen (secondary N) is 1. The first-order valence-electron chi connectivity index (χ1n) is 6.92. The van der Waals surface area contributed by atoms with Gasteiger partial charge in [-0.2, -0.15) is 0 Å². The average Bonchev–Trinajstić information content (AvgIpc) is 3.07. The molecule has 17 heavy (non-hydrogen) atoms. The number of anilines is 1. The molecule has 0 saturated heterocycles. The molecule has 1 atom stereocenters. The minimum absolute atomic E-state index is 0.657. The number of hydrogen-bond acceptors (Lipinski definition) is 2. The Morgan fingerprint density at radius 3 is 3.00 bits per heavy atom. The van der Waals surface area contributed by atoms with Crippen LogP contribution in [0.1, 0.15) is 31.7 Å². The molecule has 1 aromatic carbocycles. The van der Waals surface area contributed by atoms with Crippen molar-refractivity contribution < 1.29 is 0 Å². The molecule has 1 heterocycles. The van der Waals surface area contributed by atoms with Crippen molar-refractivity contribution in [3.8, 4) is 0 Å². The van der Waals surface area contributed by atoms with Gasteiger partial charge in [0.1, 0.15) is 0 Å². The fourth-order valence-corrected chi connectivity index (χ4v) is 2.76. The predicted molar refractivity (Wildman–Crippen MR) is 72.6 cm³/mol. The van der Waals surface area contributed by atoms with E-state index in [1.807, 2.05) is 0 Å². The Hall–Kier alpha value is -1.02. The summed E-state index contributed by atoms with van der Waals surface area (Å²) in [7, 11) is 0. The van der Waals surface area contributed by atoms with Crippen LogP contribution in [-0.4, -0.2) is 25.2 Å². The molecule has 1 aliphatic heterocycles. The lowest BCUT2D eigenvalue weighted by Gasteiger charge is -2.27. The van der Waals surface area contributed by atoms with Crippen LogP contribution in [-0.2, 0) is 6.42 Å². The summed E-state index contributed by atoms with van der Waals surface area (Å²) in [6, 6.07) is 10.4. The fraction of sp³-hybridized carbons (Fsp3) is 0.600. The maximum atomic E-state index is 3.61. The Kier molecular flexibility index (Phi) is 3.06. The first kappa shape index (κ1) is 11.1. The lowest BCUT2D eigenvalue weighted by molar-refractivity contribution is 0.556. The quantitative estimate of drug-likeness (QED) is 0.836. The van der Waals surface area contributed by atoms with Crippen molar-refractivity contribution in [2.45, 2.75) is 44.7 Å². The first-order chi connectivity index (χ1) is 8.34. The molecule has 1 aromatic rings. The van der Waals surface area contributed by atoms with Crippen LogP contribution < -0.4 is 10.2 Å². The minimum atomic E-state index is 0.657. The summed E-state index contributed by atoms with van der Waals surface area (Å²) in [5.74, 6) is 0. The molecule has 0 spiro atoms. The lowest BCUT2D eigenvalue weighted by Crippen LogP contribution is -2.34. The third-order valence-electron chi connectivity index (χ3n) is 4.03. The zero-order chi connectivity index (χ0) is 11.7. The van der Waals surface area contributed by atoms with E-state index in [2.05, 4.69) is 41.4 Å². The smallest absolute Gasteiger partial charge is 0.0401 e. The van der Waals surface area contributed by atoms with Gasteiger partial charge in [0.25, 0.3) is 0 Å². The van der Waals surface area contributed by atoms with Crippen LogP contribution in [0.5, 0.6) is 0 Å². The van der Waals surface area contributed by atoms with Crippen LogP contribution in [0, 0.1) is 0 Å². The fourth-order valence-electron chi connectivity index (χ4n) is 2.76. The number of fused-ring (bicyclic) bond motifs is 1. The van der Waals surface area contributed by atoms with Gasteiger partial charge in [-0.15, -0.1) is 0 Å². The molecule has 1 aliphatic carbocycles. The summed E-state index contributed by atoms with van der Waals surface area (Å²) < 4.78 is 0. The molecule has 0 radical (unpaired) electrons. The van der Waals surface area contributed by atoms with Gasteiger partial charge < -0.3 is 10.2 Å². The van der Waals surface area contributed by atoms with Gasteiger partial charge in [-0.3, -0.25) is 0 Å². The molecule has 2 aliphatic rings. The van der Waals surface area contributed by atoms with Crippen molar-refractivity contribution in [3.63, 3.8) is 0 Å². The summed E-state index contributed by atoms with van der Waals surface area (Å²) in [5.41, 5.74) is 2.99. The monoisotopic (exact) mass is 230 g/mol. The highest BCUT2D eigenvalue weighted by atomic mass is 15.2. The molecule has 0 bridgehead atoms. The van der Waals surface area contributed by atoms with Crippen molar-refractivity contribution in [2.24, 2.45) is 0 Å². The summed E-state index contributed by atoms with van der Waals surface area (Å²) in [6.45, 7) is 4.73. The van der Waals surface area contributed by atoms with Gasteiger partial charge in [-0.25, -0.2) is 0 Å². The van der Waals surface area contributed by atoms with E-state index in [-0.39, 0.29) is 0 Å². The van der Waals surface area contributed by atoms with Gasteiger partial charge >= 0.3 is 0 Å². The molecule has 2 heteroatoms. The van der Waals surface area contributed by atoms with Gasteiger partial charge in [-0.05, 0) is 50.8 Å². The topological polar surface area (TPSA) is 15.3 Å². The summed E-state index contributed by atoms with van der Waals surface area (Å²) in [6.07, 6.45) is 5.25. The third kappa shape index (κ3) is 2.47. The zero-order valence-corrected chi connectivity index (χ0v) is 10.7. The van der Waals surface area contributed by atoms with Crippen LogP contribution in [0.25, 0.3) is 0 Å². The van der Waals surface area contributed by atoms with Crippen LogP contribution in [0.3, 0.4) is 0 Å². The van der Waals surface area contributed by atoms with Crippen LogP contribution >= 0.6 is 0 Å². The second-order valence-electron chi connectivity index (χ2n) is 5.44. The van der Waals surface area contributed by atoms with E-state index in [1.54, 1.807) is 0 Å². The molecule has 92 valence electrons. The van der Waals surface area contributed by atoms with Crippen LogP contribution in [0.15, 0.2) is 24.3 Å². The molecule has 1 fully saturated rings.